The van der Waals surface area contributed by atoms with Crippen molar-refractivity contribution in [3.05, 3.63) is 63.3 Å². The second kappa shape index (κ2) is 11.0. The number of carbonyl (C=O) groups is 2. The summed E-state index contributed by atoms with van der Waals surface area (Å²) in [5.41, 5.74) is 3.27. The molecule has 1 fully saturated rings. The number of likely N-dealkylation sites (N-methyl/N-ethyl adjacent to an activating group) is 1. The van der Waals surface area contributed by atoms with Crippen LogP contribution >= 0.6 is 11.3 Å². The van der Waals surface area contributed by atoms with E-state index in [0.717, 1.165) is 67.1 Å². The zero-order chi connectivity index (χ0) is 27.9. The molecule has 1 atom stereocenters. The SMILES string of the molecule is CCN1CCc2c(sc(NC(=O)c3ccc(S(=O)(=O)N4CCCCC4C)cc3)c2C(=O)n2nc(C)cc2C)C1. The first-order chi connectivity index (χ1) is 18.6. The normalized spacial score (nSPS) is 18.6. The molecule has 1 N–H and O–H groups in total. The van der Waals surface area contributed by atoms with Gasteiger partial charge in [-0.2, -0.15) is 9.40 Å². The Morgan fingerprint density at radius 1 is 1.13 bits per heavy atom. The molecule has 2 aliphatic rings. The largest absolute Gasteiger partial charge is 0.313 e. The van der Waals surface area contributed by atoms with Crippen molar-refractivity contribution in [2.45, 2.75) is 70.9 Å². The maximum atomic E-state index is 13.7. The van der Waals surface area contributed by atoms with Gasteiger partial charge in [-0.3, -0.25) is 14.5 Å². The molecule has 1 unspecified atom stereocenters. The average molecular weight is 570 g/mol. The van der Waals surface area contributed by atoms with E-state index in [2.05, 4.69) is 22.2 Å². The minimum absolute atomic E-state index is 0.0432. The molecule has 1 amide bonds. The van der Waals surface area contributed by atoms with Gasteiger partial charge in [0.2, 0.25) is 10.0 Å². The number of thiophene rings is 1. The summed E-state index contributed by atoms with van der Waals surface area (Å²) < 4.78 is 29.3. The minimum atomic E-state index is -3.63. The summed E-state index contributed by atoms with van der Waals surface area (Å²) in [5.74, 6) is -0.644. The molecule has 1 aromatic carbocycles. The van der Waals surface area contributed by atoms with Gasteiger partial charge in [0.1, 0.15) is 5.00 Å². The fraction of sp³-hybridized carbons (Fsp3) is 0.464. The number of hydrogen-bond acceptors (Lipinski definition) is 7. The zero-order valence-corrected chi connectivity index (χ0v) is 24.5. The summed E-state index contributed by atoms with van der Waals surface area (Å²) in [7, 11) is -3.63. The number of sulfonamides is 1. The van der Waals surface area contributed by atoms with Gasteiger partial charge in [0.25, 0.3) is 11.8 Å². The Hall–Kier alpha value is -2.86. The number of amides is 1. The number of benzene rings is 1. The lowest BCUT2D eigenvalue weighted by Gasteiger charge is -2.32. The standard InChI is InChI=1S/C28H35N5O4S2/c1-5-31-15-13-23-24(17-31)38-27(25(23)28(35)33-20(4)16-18(2)30-33)29-26(34)21-9-11-22(12-10-21)39(36,37)32-14-7-6-8-19(32)3/h9-12,16,19H,5-8,13-15,17H2,1-4H3,(H,29,34). The molecule has 1 saturated heterocycles. The first-order valence-corrected chi connectivity index (χ1v) is 15.7. The molecule has 39 heavy (non-hydrogen) atoms. The van der Waals surface area contributed by atoms with E-state index in [1.165, 1.54) is 40.3 Å². The molecular weight excluding hydrogens is 534 g/mol. The molecule has 0 saturated carbocycles. The summed E-state index contributed by atoms with van der Waals surface area (Å²) >= 11 is 1.43. The van der Waals surface area contributed by atoms with Gasteiger partial charge in [0, 0.05) is 41.8 Å². The van der Waals surface area contributed by atoms with Crippen LogP contribution in [0.15, 0.2) is 35.2 Å². The van der Waals surface area contributed by atoms with Crippen molar-refractivity contribution in [1.29, 1.82) is 0 Å². The third kappa shape index (κ3) is 5.32. The van der Waals surface area contributed by atoms with E-state index in [1.54, 1.807) is 4.31 Å². The number of aryl methyl sites for hydroxylation is 2. The fourth-order valence-electron chi connectivity index (χ4n) is 5.50. The van der Waals surface area contributed by atoms with Crippen LogP contribution in [0.5, 0.6) is 0 Å². The predicted octanol–water partition coefficient (Wildman–Crippen LogP) is 4.44. The summed E-state index contributed by atoms with van der Waals surface area (Å²) in [6.07, 6.45) is 3.44. The van der Waals surface area contributed by atoms with Crippen LogP contribution in [0, 0.1) is 13.8 Å². The van der Waals surface area contributed by atoms with Gasteiger partial charge in [-0.25, -0.2) is 13.1 Å². The third-order valence-corrected chi connectivity index (χ3v) is 10.9. The lowest BCUT2D eigenvalue weighted by atomic mass is 10.0. The highest BCUT2D eigenvalue weighted by Crippen LogP contribution is 2.38. The van der Waals surface area contributed by atoms with Crippen molar-refractivity contribution in [3.63, 3.8) is 0 Å². The van der Waals surface area contributed by atoms with Crippen molar-refractivity contribution in [1.82, 2.24) is 19.0 Å². The molecular formula is C28H35N5O4S2. The van der Waals surface area contributed by atoms with Gasteiger partial charge in [0.05, 0.1) is 16.2 Å². The van der Waals surface area contributed by atoms with Crippen LogP contribution in [0.2, 0.25) is 0 Å². The van der Waals surface area contributed by atoms with E-state index >= 15 is 0 Å². The molecule has 0 radical (unpaired) electrons. The molecule has 5 rings (SSSR count). The fourth-order valence-corrected chi connectivity index (χ4v) is 8.48. The van der Waals surface area contributed by atoms with Crippen LogP contribution in [0.3, 0.4) is 0 Å². The number of hydrogen-bond donors (Lipinski definition) is 1. The van der Waals surface area contributed by atoms with Gasteiger partial charge < -0.3 is 5.32 Å². The third-order valence-electron chi connectivity index (χ3n) is 7.69. The zero-order valence-electron chi connectivity index (χ0n) is 22.9. The van der Waals surface area contributed by atoms with E-state index < -0.39 is 15.9 Å². The van der Waals surface area contributed by atoms with Gasteiger partial charge >= 0.3 is 0 Å². The van der Waals surface area contributed by atoms with Gasteiger partial charge in [-0.05, 0) is 82.5 Å². The van der Waals surface area contributed by atoms with Crippen LogP contribution < -0.4 is 5.32 Å². The second-order valence-electron chi connectivity index (χ2n) is 10.4. The number of fused-ring (bicyclic) bond motifs is 1. The summed E-state index contributed by atoms with van der Waals surface area (Å²) in [6, 6.07) is 7.86. The Kier molecular flexibility index (Phi) is 7.78. The maximum absolute atomic E-state index is 13.7. The number of piperidine rings is 1. The number of nitrogens with one attached hydrogen (secondary N) is 1. The van der Waals surface area contributed by atoms with E-state index in [-0.39, 0.29) is 16.8 Å². The number of rotatable bonds is 6. The quantitative estimate of drug-likeness (QED) is 0.471. The highest BCUT2D eigenvalue weighted by Gasteiger charge is 2.32. The Labute approximate surface area is 233 Å². The first-order valence-electron chi connectivity index (χ1n) is 13.5. The molecule has 0 bridgehead atoms. The number of carbonyl (C=O) groups excluding carboxylic acids is 2. The Morgan fingerprint density at radius 3 is 2.51 bits per heavy atom. The molecule has 0 spiro atoms. The van der Waals surface area contributed by atoms with Crippen molar-refractivity contribution in [2.75, 3.05) is 25.0 Å². The average Bonchev–Trinajstić information content (AvgIpc) is 3.45. The molecule has 9 nitrogen and oxygen atoms in total. The van der Waals surface area contributed by atoms with E-state index in [0.29, 0.717) is 22.7 Å². The van der Waals surface area contributed by atoms with Crippen LogP contribution in [0.1, 0.15) is 75.7 Å². The number of aromatic nitrogens is 2. The highest BCUT2D eigenvalue weighted by molar-refractivity contribution is 7.89. The van der Waals surface area contributed by atoms with E-state index in [1.807, 2.05) is 26.8 Å². The summed E-state index contributed by atoms with van der Waals surface area (Å²) in [4.78, 5) is 30.6. The second-order valence-corrected chi connectivity index (χ2v) is 13.4. The molecule has 3 aromatic rings. The van der Waals surface area contributed by atoms with Crippen molar-refractivity contribution in [3.8, 4) is 0 Å². The van der Waals surface area contributed by atoms with E-state index in [9.17, 15) is 18.0 Å². The van der Waals surface area contributed by atoms with Crippen LogP contribution in [0.25, 0.3) is 0 Å². The lowest BCUT2D eigenvalue weighted by Crippen LogP contribution is -2.41. The number of nitrogens with zero attached hydrogens (tertiary/aromatic N) is 4. The predicted molar refractivity (Wildman–Crippen MR) is 152 cm³/mol. The molecule has 4 heterocycles. The van der Waals surface area contributed by atoms with Crippen LogP contribution in [0.4, 0.5) is 5.00 Å². The summed E-state index contributed by atoms with van der Waals surface area (Å²) in [6.45, 7) is 10.7. The van der Waals surface area contributed by atoms with Crippen molar-refractivity contribution in [2.24, 2.45) is 0 Å². The van der Waals surface area contributed by atoms with Crippen LogP contribution in [-0.2, 0) is 23.0 Å². The maximum Gasteiger partial charge on any atom is 0.281 e. The molecule has 2 aromatic heterocycles. The minimum Gasteiger partial charge on any atom is -0.313 e. The Morgan fingerprint density at radius 2 is 1.87 bits per heavy atom. The van der Waals surface area contributed by atoms with Crippen molar-refractivity contribution < 1.29 is 18.0 Å². The Bertz CT molecular complexity index is 1510. The number of anilines is 1. The molecule has 2 aliphatic heterocycles. The van der Waals surface area contributed by atoms with Crippen molar-refractivity contribution >= 4 is 38.2 Å². The smallest absolute Gasteiger partial charge is 0.281 e. The highest BCUT2D eigenvalue weighted by atomic mass is 32.2. The monoisotopic (exact) mass is 569 g/mol. The van der Waals surface area contributed by atoms with Gasteiger partial charge in [0.15, 0.2) is 0 Å². The van der Waals surface area contributed by atoms with E-state index in [4.69, 9.17) is 0 Å². The molecule has 11 heteroatoms. The molecule has 0 aliphatic carbocycles. The Balaban J connectivity index is 1.43. The van der Waals surface area contributed by atoms with Gasteiger partial charge in [-0.1, -0.05) is 13.3 Å². The topological polar surface area (TPSA) is 105 Å². The lowest BCUT2D eigenvalue weighted by molar-refractivity contribution is 0.0942. The van der Waals surface area contributed by atoms with Crippen LogP contribution in [-0.4, -0.2) is 64.9 Å². The molecule has 208 valence electrons. The summed E-state index contributed by atoms with van der Waals surface area (Å²) in [5, 5.41) is 7.85. The first kappa shape index (κ1) is 27.7. The van der Waals surface area contributed by atoms with Gasteiger partial charge in [-0.15, -0.1) is 11.3 Å².